The van der Waals surface area contributed by atoms with Crippen molar-refractivity contribution in [2.24, 2.45) is 0 Å². The average molecular weight is 371 g/mol. The standard InChI is InChI=1S/C19H18FN3O4/c1-25-15-8-5-13(11-16(15)26-2)18-22-17(27-23-18)9-10-21-19(24)12-3-6-14(20)7-4-12/h3-8,11H,9-10H2,1-2H3,(H,21,24). The Labute approximate surface area is 155 Å². The van der Waals surface area contributed by atoms with Gasteiger partial charge >= 0.3 is 0 Å². The molecule has 0 saturated heterocycles. The highest BCUT2D eigenvalue weighted by molar-refractivity contribution is 5.94. The monoisotopic (exact) mass is 371 g/mol. The Morgan fingerprint density at radius 2 is 1.85 bits per heavy atom. The number of amides is 1. The number of hydrogen-bond donors (Lipinski definition) is 1. The Balaban J connectivity index is 1.59. The van der Waals surface area contributed by atoms with Gasteiger partial charge in [0.2, 0.25) is 11.7 Å². The van der Waals surface area contributed by atoms with Crippen LogP contribution < -0.4 is 14.8 Å². The van der Waals surface area contributed by atoms with Gasteiger partial charge in [-0.3, -0.25) is 4.79 Å². The van der Waals surface area contributed by atoms with Crippen LogP contribution in [0.4, 0.5) is 4.39 Å². The molecule has 7 nitrogen and oxygen atoms in total. The molecule has 0 fully saturated rings. The number of aromatic nitrogens is 2. The molecule has 0 aliphatic heterocycles. The Bertz CT molecular complexity index is 925. The maximum atomic E-state index is 12.9. The van der Waals surface area contributed by atoms with Crippen molar-refractivity contribution in [3.63, 3.8) is 0 Å². The summed E-state index contributed by atoms with van der Waals surface area (Å²) in [5.74, 6) is 1.28. The van der Waals surface area contributed by atoms with Crippen LogP contribution in [-0.4, -0.2) is 36.8 Å². The highest BCUT2D eigenvalue weighted by Crippen LogP contribution is 2.31. The molecule has 140 valence electrons. The largest absolute Gasteiger partial charge is 0.493 e. The summed E-state index contributed by atoms with van der Waals surface area (Å²) < 4.78 is 28.6. The van der Waals surface area contributed by atoms with Gasteiger partial charge in [0.1, 0.15) is 5.82 Å². The Kier molecular flexibility index (Phi) is 5.65. The molecular formula is C19H18FN3O4. The van der Waals surface area contributed by atoms with Crippen LogP contribution in [0.3, 0.4) is 0 Å². The van der Waals surface area contributed by atoms with Crippen LogP contribution in [0.25, 0.3) is 11.4 Å². The van der Waals surface area contributed by atoms with Crippen molar-refractivity contribution in [1.82, 2.24) is 15.5 Å². The first kappa shape index (κ1) is 18.4. The summed E-state index contributed by atoms with van der Waals surface area (Å²) in [5, 5.41) is 6.67. The highest BCUT2D eigenvalue weighted by Gasteiger charge is 2.12. The maximum Gasteiger partial charge on any atom is 0.251 e. The zero-order valence-corrected chi connectivity index (χ0v) is 14.9. The molecule has 1 heterocycles. The number of methoxy groups -OCH3 is 2. The van der Waals surface area contributed by atoms with Crippen molar-refractivity contribution in [1.29, 1.82) is 0 Å². The first-order valence-corrected chi connectivity index (χ1v) is 8.19. The summed E-state index contributed by atoms with van der Waals surface area (Å²) >= 11 is 0. The minimum Gasteiger partial charge on any atom is -0.493 e. The van der Waals surface area contributed by atoms with Crippen molar-refractivity contribution in [2.45, 2.75) is 6.42 Å². The van der Waals surface area contributed by atoms with E-state index in [1.165, 1.54) is 24.3 Å². The average Bonchev–Trinajstić information content (AvgIpc) is 3.16. The van der Waals surface area contributed by atoms with Crippen LogP contribution >= 0.6 is 0 Å². The van der Waals surface area contributed by atoms with Crippen LogP contribution in [0.15, 0.2) is 47.0 Å². The Morgan fingerprint density at radius 3 is 2.56 bits per heavy atom. The van der Waals surface area contributed by atoms with Gasteiger partial charge in [-0.1, -0.05) is 5.16 Å². The van der Waals surface area contributed by atoms with Crippen LogP contribution in [-0.2, 0) is 6.42 Å². The lowest BCUT2D eigenvalue weighted by atomic mass is 10.2. The third-order valence-electron chi connectivity index (χ3n) is 3.84. The van der Waals surface area contributed by atoms with Gasteiger partial charge in [0.15, 0.2) is 11.5 Å². The van der Waals surface area contributed by atoms with Gasteiger partial charge in [-0.25, -0.2) is 4.39 Å². The molecule has 2 aromatic carbocycles. The second-order valence-electron chi connectivity index (χ2n) is 5.59. The van der Waals surface area contributed by atoms with E-state index in [-0.39, 0.29) is 11.7 Å². The third-order valence-corrected chi connectivity index (χ3v) is 3.84. The predicted octanol–water partition coefficient (Wildman–Crippen LogP) is 2.87. The minimum atomic E-state index is -0.389. The fourth-order valence-corrected chi connectivity index (χ4v) is 2.44. The van der Waals surface area contributed by atoms with Crippen LogP contribution in [0.1, 0.15) is 16.2 Å². The zero-order valence-electron chi connectivity index (χ0n) is 14.9. The van der Waals surface area contributed by atoms with E-state index in [1.54, 1.807) is 32.4 Å². The molecule has 3 aromatic rings. The van der Waals surface area contributed by atoms with E-state index < -0.39 is 0 Å². The van der Waals surface area contributed by atoms with E-state index in [4.69, 9.17) is 14.0 Å². The zero-order chi connectivity index (χ0) is 19.2. The SMILES string of the molecule is COc1ccc(-c2noc(CCNC(=O)c3ccc(F)cc3)n2)cc1OC. The third kappa shape index (κ3) is 4.41. The second kappa shape index (κ2) is 8.31. The smallest absolute Gasteiger partial charge is 0.251 e. The van der Waals surface area contributed by atoms with E-state index in [0.717, 1.165) is 5.56 Å². The number of ether oxygens (including phenoxy) is 2. The van der Waals surface area contributed by atoms with Crippen LogP contribution in [0.5, 0.6) is 11.5 Å². The van der Waals surface area contributed by atoms with E-state index in [2.05, 4.69) is 15.5 Å². The number of nitrogens with zero attached hydrogens (tertiary/aromatic N) is 2. The van der Waals surface area contributed by atoms with Crippen molar-refractivity contribution in [3.05, 3.63) is 59.7 Å². The first-order chi connectivity index (χ1) is 13.1. The summed E-state index contributed by atoms with van der Waals surface area (Å²) in [7, 11) is 3.11. The molecule has 1 amide bonds. The first-order valence-electron chi connectivity index (χ1n) is 8.19. The lowest BCUT2D eigenvalue weighted by Crippen LogP contribution is -2.25. The molecule has 0 radical (unpaired) electrons. The molecule has 27 heavy (non-hydrogen) atoms. The molecule has 0 spiro atoms. The lowest BCUT2D eigenvalue weighted by Gasteiger charge is -2.07. The minimum absolute atomic E-state index is 0.297. The maximum absolute atomic E-state index is 12.9. The van der Waals surface area contributed by atoms with Gasteiger partial charge in [-0.05, 0) is 42.5 Å². The molecule has 0 saturated carbocycles. The van der Waals surface area contributed by atoms with Gasteiger partial charge < -0.3 is 19.3 Å². The van der Waals surface area contributed by atoms with Gasteiger partial charge in [-0.2, -0.15) is 4.98 Å². The Hall–Kier alpha value is -3.42. The van der Waals surface area contributed by atoms with Crippen molar-refractivity contribution < 1.29 is 23.2 Å². The summed E-state index contributed by atoms with van der Waals surface area (Å²) in [6.45, 7) is 0.309. The number of hydrogen-bond acceptors (Lipinski definition) is 6. The molecular weight excluding hydrogens is 353 g/mol. The quantitative estimate of drug-likeness (QED) is 0.687. The molecule has 0 aliphatic carbocycles. The van der Waals surface area contributed by atoms with Gasteiger partial charge in [0.05, 0.1) is 14.2 Å². The molecule has 0 atom stereocenters. The molecule has 1 aromatic heterocycles. The number of halogens is 1. The van der Waals surface area contributed by atoms with Crippen molar-refractivity contribution in [2.75, 3.05) is 20.8 Å². The second-order valence-corrected chi connectivity index (χ2v) is 5.59. The van der Waals surface area contributed by atoms with Crippen molar-refractivity contribution >= 4 is 5.91 Å². The predicted molar refractivity (Wildman–Crippen MR) is 95.3 cm³/mol. The van der Waals surface area contributed by atoms with E-state index in [1.807, 2.05) is 0 Å². The molecule has 0 bridgehead atoms. The number of nitrogens with one attached hydrogen (secondary N) is 1. The van der Waals surface area contributed by atoms with Gasteiger partial charge in [0, 0.05) is 24.1 Å². The van der Waals surface area contributed by atoms with Gasteiger partial charge in [-0.15, -0.1) is 0 Å². The molecule has 3 rings (SSSR count). The number of rotatable bonds is 7. The molecule has 1 N–H and O–H groups in total. The summed E-state index contributed by atoms with van der Waals surface area (Å²) in [6.07, 6.45) is 0.368. The summed E-state index contributed by atoms with van der Waals surface area (Å²) in [5.41, 5.74) is 1.10. The number of carbonyl (C=O) groups is 1. The highest BCUT2D eigenvalue weighted by atomic mass is 19.1. The van der Waals surface area contributed by atoms with E-state index in [9.17, 15) is 9.18 Å². The van der Waals surface area contributed by atoms with Crippen LogP contribution in [0.2, 0.25) is 0 Å². The topological polar surface area (TPSA) is 86.5 Å². The molecule has 8 heteroatoms. The fourth-order valence-electron chi connectivity index (χ4n) is 2.44. The lowest BCUT2D eigenvalue weighted by molar-refractivity contribution is 0.0953. The summed E-state index contributed by atoms with van der Waals surface area (Å²) in [6, 6.07) is 10.6. The molecule has 0 aliphatic rings. The Morgan fingerprint density at radius 1 is 1.11 bits per heavy atom. The van der Waals surface area contributed by atoms with E-state index >= 15 is 0 Å². The normalized spacial score (nSPS) is 10.5. The number of carbonyl (C=O) groups excluding carboxylic acids is 1. The molecule has 0 unspecified atom stereocenters. The summed E-state index contributed by atoms with van der Waals surface area (Å²) in [4.78, 5) is 16.3. The van der Waals surface area contributed by atoms with Gasteiger partial charge in [0.25, 0.3) is 5.91 Å². The number of benzene rings is 2. The van der Waals surface area contributed by atoms with Crippen molar-refractivity contribution in [3.8, 4) is 22.9 Å². The fraction of sp³-hybridized carbons (Fsp3) is 0.211. The van der Waals surface area contributed by atoms with Crippen LogP contribution in [0, 0.1) is 5.82 Å². The van der Waals surface area contributed by atoms with E-state index in [0.29, 0.717) is 41.7 Å².